The van der Waals surface area contributed by atoms with Gasteiger partial charge in [0.15, 0.2) is 0 Å². The van der Waals surface area contributed by atoms with Crippen molar-refractivity contribution in [3.8, 4) is 5.75 Å². The maximum atomic E-state index is 13.0. The molecule has 0 radical (unpaired) electrons. The number of halogens is 2. The van der Waals surface area contributed by atoms with Crippen LogP contribution in [0, 0.1) is 0 Å². The maximum absolute atomic E-state index is 13.0. The summed E-state index contributed by atoms with van der Waals surface area (Å²) in [6.07, 6.45) is 0. The third-order valence-corrected chi connectivity index (χ3v) is 1.87. The predicted molar refractivity (Wildman–Crippen MR) is 40.6 cm³/mol. The highest BCUT2D eigenvalue weighted by Gasteiger charge is 2.48. The lowest BCUT2D eigenvalue weighted by molar-refractivity contribution is -0.139. The second-order valence-electron chi connectivity index (χ2n) is 2.76. The van der Waals surface area contributed by atoms with Gasteiger partial charge in [-0.25, -0.2) is 0 Å². The maximum Gasteiger partial charge on any atom is 0.352 e. The molecule has 0 aromatic heterocycles. The minimum Gasteiger partial charge on any atom is -0.508 e. The van der Waals surface area contributed by atoms with Crippen LogP contribution in [0.4, 0.5) is 14.5 Å². The van der Waals surface area contributed by atoms with Crippen molar-refractivity contribution in [2.24, 2.45) is 0 Å². The summed E-state index contributed by atoms with van der Waals surface area (Å²) in [4.78, 5) is 10.7. The Balaban J connectivity index is 2.64. The molecular weight excluding hydrogens is 180 g/mol. The smallest absolute Gasteiger partial charge is 0.352 e. The molecule has 0 bridgehead atoms. The number of amides is 1. The van der Waals surface area contributed by atoms with Gasteiger partial charge in [0.25, 0.3) is 5.91 Å². The highest BCUT2D eigenvalue weighted by atomic mass is 19.3. The van der Waals surface area contributed by atoms with Gasteiger partial charge >= 0.3 is 5.92 Å². The predicted octanol–water partition coefficient (Wildman–Crippen LogP) is 1.44. The summed E-state index contributed by atoms with van der Waals surface area (Å²) < 4.78 is 26.0. The minimum absolute atomic E-state index is 0.0489. The lowest BCUT2D eigenvalue weighted by atomic mass is 10.1. The number of rotatable bonds is 0. The molecule has 13 heavy (non-hydrogen) atoms. The van der Waals surface area contributed by atoms with E-state index in [0.717, 1.165) is 6.07 Å². The number of alkyl halides is 2. The second-order valence-corrected chi connectivity index (χ2v) is 2.76. The molecule has 5 heteroatoms. The van der Waals surface area contributed by atoms with Crippen molar-refractivity contribution in [2.75, 3.05) is 5.32 Å². The van der Waals surface area contributed by atoms with E-state index in [1.165, 1.54) is 12.1 Å². The molecular formula is C8H5F2NO2. The van der Waals surface area contributed by atoms with E-state index in [4.69, 9.17) is 5.11 Å². The van der Waals surface area contributed by atoms with Gasteiger partial charge in [-0.15, -0.1) is 0 Å². The fourth-order valence-corrected chi connectivity index (χ4v) is 1.22. The molecule has 2 rings (SSSR count). The Morgan fingerprint density at radius 2 is 2.08 bits per heavy atom. The Morgan fingerprint density at radius 1 is 1.38 bits per heavy atom. The van der Waals surface area contributed by atoms with E-state index in [1.54, 1.807) is 0 Å². The van der Waals surface area contributed by atoms with Crippen LogP contribution < -0.4 is 5.32 Å². The van der Waals surface area contributed by atoms with E-state index in [1.807, 2.05) is 5.32 Å². The van der Waals surface area contributed by atoms with Crippen LogP contribution in [-0.4, -0.2) is 11.0 Å². The number of phenols is 1. The monoisotopic (exact) mass is 185 g/mol. The number of fused-ring (bicyclic) bond motifs is 1. The Morgan fingerprint density at radius 3 is 2.77 bits per heavy atom. The molecule has 0 fully saturated rings. The zero-order chi connectivity index (χ0) is 9.64. The fraction of sp³-hybridized carbons (Fsp3) is 0.125. The van der Waals surface area contributed by atoms with Crippen LogP contribution in [0.3, 0.4) is 0 Å². The Bertz CT molecular complexity index is 390. The van der Waals surface area contributed by atoms with Crippen LogP contribution in [-0.2, 0) is 10.7 Å². The van der Waals surface area contributed by atoms with Gasteiger partial charge in [-0.2, -0.15) is 8.78 Å². The number of hydrogen-bond donors (Lipinski definition) is 2. The average molecular weight is 185 g/mol. The molecule has 0 unspecified atom stereocenters. The van der Waals surface area contributed by atoms with Gasteiger partial charge in [0, 0.05) is 0 Å². The van der Waals surface area contributed by atoms with Crippen molar-refractivity contribution in [3.05, 3.63) is 23.8 Å². The molecule has 1 heterocycles. The molecule has 1 amide bonds. The fourth-order valence-electron chi connectivity index (χ4n) is 1.22. The molecule has 0 aliphatic carbocycles. The molecule has 0 saturated heterocycles. The van der Waals surface area contributed by atoms with Crippen molar-refractivity contribution in [2.45, 2.75) is 5.92 Å². The summed E-state index contributed by atoms with van der Waals surface area (Å²) in [6, 6.07) is 3.36. The molecule has 2 N–H and O–H groups in total. The molecule has 1 aliphatic heterocycles. The molecule has 0 atom stereocenters. The van der Waals surface area contributed by atoms with Gasteiger partial charge in [-0.3, -0.25) is 4.79 Å². The van der Waals surface area contributed by atoms with Crippen molar-refractivity contribution < 1.29 is 18.7 Å². The van der Waals surface area contributed by atoms with Gasteiger partial charge in [0.2, 0.25) is 0 Å². The van der Waals surface area contributed by atoms with Gasteiger partial charge in [0.1, 0.15) is 5.75 Å². The summed E-state index contributed by atoms with van der Waals surface area (Å²) in [5, 5.41) is 11.0. The van der Waals surface area contributed by atoms with Gasteiger partial charge in [-0.1, -0.05) is 0 Å². The Hall–Kier alpha value is -1.65. The standard InChI is InChI=1S/C8H5F2NO2/c9-8(10)5-3-4(12)1-2-6(5)11-7(8)13/h1-3,12H,(H,11,13). The molecule has 3 nitrogen and oxygen atoms in total. The van der Waals surface area contributed by atoms with Crippen LogP contribution >= 0.6 is 0 Å². The first-order chi connectivity index (χ1) is 6.01. The van der Waals surface area contributed by atoms with E-state index < -0.39 is 17.4 Å². The number of phenolic OH excluding ortho intramolecular Hbond substituents is 1. The number of carbonyl (C=O) groups excluding carboxylic acids is 1. The Kier molecular flexibility index (Phi) is 1.34. The first-order valence-corrected chi connectivity index (χ1v) is 3.54. The van der Waals surface area contributed by atoms with E-state index in [2.05, 4.69) is 0 Å². The molecule has 0 spiro atoms. The van der Waals surface area contributed by atoms with Crippen molar-refractivity contribution in [3.63, 3.8) is 0 Å². The number of aromatic hydroxyl groups is 1. The molecule has 1 aromatic rings. The number of nitrogens with one attached hydrogen (secondary N) is 1. The van der Waals surface area contributed by atoms with Crippen LogP contribution in [0.5, 0.6) is 5.75 Å². The van der Waals surface area contributed by atoms with Crippen molar-refractivity contribution >= 4 is 11.6 Å². The number of anilines is 1. The summed E-state index contributed by atoms with van der Waals surface area (Å²) in [5.74, 6) is -5.17. The van der Waals surface area contributed by atoms with Gasteiger partial charge in [0.05, 0.1) is 11.3 Å². The normalized spacial score (nSPS) is 18.2. The van der Waals surface area contributed by atoms with E-state index in [9.17, 15) is 13.6 Å². The van der Waals surface area contributed by atoms with Gasteiger partial charge < -0.3 is 10.4 Å². The second kappa shape index (κ2) is 2.18. The number of hydrogen-bond acceptors (Lipinski definition) is 2. The summed E-state index contributed by atoms with van der Waals surface area (Å²) in [5.41, 5.74) is -0.426. The van der Waals surface area contributed by atoms with Crippen molar-refractivity contribution in [1.29, 1.82) is 0 Å². The number of benzene rings is 1. The first kappa shape index (κ1) is 7.97. The molecule has 68 valence electrons. The minimum atomic E-state index is -3.53. The van der Waals surface area contributed by atoms with Gasteiger partial charge in [-0.05, 0) is 18.2 Å². The topological polar surface area (TPSA) is 49.3 Å². The third-order valence-electron chi connectivity index (χ3n) is 1.87. The van der Waals surface area contributed by atoms with Crippen LogP contribution in [0.25, 0.3) is 0 Å². The highest BCUT2D eigenvalue weighted by molar-refractivity contribution is 6.03. The van der Waals surface area contributed by atoms with E-state index in [0.29, 0.717) is 0 Å². The van der Waals surface area contributed by atoms with E-state index in [-0.39, 0.29) is 11.4 Å². The highest BCUT2D eigenvalue weighted by Crippen LogP contribution is 2.41. The molecule has 0 saturated carbocycles. The summed E-state index contributed by atoms with van der Waals surface area (Å²) in [6.45, 7) is 0. The van der Waals surface area contributed by atoms with Crippen LogP contribution in [0.1, 0.15) is 5.56 Å². The van der Waals surface area contributed by atoms with Crippen LogP contribution in [0.15, 0.2) is 18.2 Å². The quantitative estimate of drug-likeness (QED) is 0.601. The zero-order valence-corrected chi connectivity index (χ0v) is 6.34. The Labute approximate surface area is 72.0 Å². The third kappa shape index (κ3) is 0.965. The lowest BCUT2D eigenvalue weighted by Crippen LogP contribution is -2.23. The molecule has 1 aromatic carbocycles. The first-order valence-electron chi connectivity index (χ1n) is 3.54. The SMILES string of the molecule is O=C1Nc2ccc(O)cc2C1(F)F. The summed E-state index contributed by atoms with van der Waals surface area (Å²) >= 11 is 0. The van der Waals surface area contributed by atoms with Crippen molar-refractivity contribution in [1.82, 2.24) is 0 Å². The van der Waals surface area contributed by atoms with E-state index >= 15 is 0 Å². The molecule has 1 aliphatic rings. The largest absolute Gasteiger partial charge is 0.508 e. The number of carbonyl (C=O) groups is 1. The lowest BCUT2D eigenvalue weighted by Gasteiger charge is -2.05. The average Bonchev–Trinajstić information content (AvgIpc) is 2.27. The zero-order valence-electron chi connectivity index (χ0n) is 6.34. The van der Waals surface area contributed by atoms with Crippen LogP contribution in [0.2, 0.25) is 0 Å². The summed E-state index contributed by atoms with van der Waals surface area (Å²) in [7, 11) is 0.